The molecule has 0 aromatic heterocycles. The second-order valence-corrected chi connectivity index (χ2v) is 21.8. The zero-order valence-electron chi connectivity index (χ0n) is 48.4. The van der Waals surface area contributed by atoms with Crippen molar-refractivity contribution in [3.05, 3.63) is 71.3 Å². The summed E-state index contributed by atoms with van der Waals surface area (Å²) in [6.45, 7) is 13.6. The van der Waals surface area contributed by atoms with E-state index in [4.69, 9.17) is 37.9 Å². The molecular formula is C64H107F2NO9. The van der Waals surface area contributed by atoms with Crippen LogP contribution < -0.4 is 5.32 Å². The lowest BCUT2D eigenvalue weighted by molar-refractivity contribution is -0.371. The third-order valence-electron chi connectivity index (χ3n) is 15.1. The number of aryl methyl sites for hydroxylation is 1. The van der Waals surface area contributed by atoms with Crippen molar-refractivity contribution in [2.45, 2.75) is 289 Å². The molecule has 2 aromatic carbocycles. The number of unbranched alkanes of at least 4 members (excludes halogenated alkanes) is 22. The van der Waals surface area contributed by atoms with Gasteiger partial charge in [-0.2, -0.15) is 0 Å². The van der Waals surface area contributed by atoms with Gasteiger partial charge in [-0.15, -0.1) is 0 Å². The van der Waals surface area contributed by atoms with Gasteiger partial charge in [0.2, 0.25) is 5.91 Å². The van der Waals surface area contributed by atoms with Crippen molar-refractivity contribution in [3.63, 3.8) is 0 Å². The van der Waals surface area contributed by atoms with Gasteiger partial charge in [0.1, 0.15) is 30.5 Å². The van der Waals surface area contributed by atoms with Gasteiger partial charge in [0.25, 0.3) is 0 Å². The fraction of sp³-hybridized carbons (Fsp3) is 0.797. The van der Waals surface area contributed by atoms with Crippen LogP contribution in [0.5, 0.6) is 0 Å². The first-order valence-corrected chi connectivity index (χ1v) is 31.1. The third kappa shape index (κ3) is 26.6. The van der Waals surface area contributed by atoms with Crippen molar-refractivity contribution in [1.29, 1.82) is 0 Å². The van der Waals surface area contributed by atoms with Gasteiger partial charge < -0.3 is 43.2 Å². The number of rotatable bonds is 47. The van der Waals surface area contributed by atoms with Crippen LogP contribution in [0.25, 0.3) is 0 Å². The molecule has 2 heterocycles. The molecule has 10 nitrogen and oxygen atoms in total. The van der Waals surface area contributed by atoms with Crippen LogP contribution in [0.2, 0.25) is 0 Å². The SMILES string of the molecule is CCCCCCCCCCCCCC[C@@H](OCCCC)[C@@H](OCCCC)[C@H](CO[C@H]1OC2COC(c3ccccc3)O[C@@H]2[C@H](OCCCC)C1OCCCC)NC(=O)CCCCCCCCCCc1ccc(F)c(F)c1. The van der Waals surface area contributed by atoms with Crippen molar-refractivity contribution in [3.8, 4) is 0 Å². The Kier molecular flexibility index (Phi) is 36.8. The van der Waals surface area contributed by atoms with E-state index in [0.29, 0.717) is 39.5 Å². The number of hydrogen-bond acceptors (Lipinski definition) is 9. The summed E-state index contributed by atoms with van der Waals surface area (Å²) in [4.78, 5) is 14.2. The van der Waals surface area contributed by atoms with Crippen LogP contribution in [0.3, 0.4) is 0 Å². The Morgan fingerprint density at radius 2 is 1.13 bits per heavy atom. The number of carbonyl (C=O) groups excluding carboxylic acids is 1. The summed E-state index contributed by atoms with van der Waals surface area (Å²) in [5.74, 6) is -1.60. The zero-order chi connectivity index (χ0) is 54.3. The first-order valence-electron chi connectivity index (χ1n) is 31.1. The largest absolute Gasteiger partial charge is 0.375 e. The Labute approximate surface area is 460 Å². The normalized spacial score (nSPS) is 20.8. The summed E-state index contributed by atoms with van der Waals surface area (Å²) >= 11 is 0. The maximum absolute atomic E-state index is 14.2. The maximum Gasteiger partial charge on any atom is 0.220 e. The van der Waals surface area contributed by atoms with E-state index in [2.05, 4.69) is 39.9 Å². The molecule has 0 bridgehead atoms. The van der Waals surface area contributed by atoms with Crippen LogP contribution in [0, 0.1) is 11.6 Å². The highest BCUT2D eigenvalue weighted by molar-refractivity contribution is 5.76. The number of amides is 1. The van der Waals surface area contributed by atoms with Crippen molar-refractivity contribution < 1.29 is 51.5 Å². The predicted octanol–water partition coefficient (Wildman–Crippen LogP) is 16.2. The molecule has 1 amide bonds. The van der Waals surface area contributed by atoms with Gasteiger partial charge >= 0.3 is 0 Å². The van der Waals surface area contributed by atoms with Gasteiger partial charge in [0, 0.05) is 38.4 Å². The molecule has 436 valence electrons. The van der Waals surface area contributed by atoms with Crippen molar-refractivity contribution in [1.82, 2.24) is 5.32 Å². The topological polar surface area (TPSA) is 103 Å². The van der Waals surface area contributed by atoms with E-state index in [9.17, 15) is 13.6 Å². The van der Waals surface area contributed by atoms with Gasteiger partial charge in [-0.25, -0.2) is 8.78 Å². The highest BCUT2D eigenvalue weighted by Gasteiger charge is 2.52. The third-order valence-corrected chi connectivity index (χ3v) is 15.1. The zero-order valence-corrected chi connectivity index (χ0v) is 48.4. The summed E-state index contributed by atoms with van der Waals surface area (Å²) in [6.07, 6.45) is 29.0. The van der Waals surface area contributed by atoms with Gasteiger partial charge in [-0.1, -0.05) is 212 Å². The Bertz CT molecular complexity index is 1710. The Hall–Kier alpha value is -2.55. The first-order chi connectivity index (χ1) is 37.3. The lowest BCUT2D eigenvalue weighted by Crippen LogP contribution is -2.64. The molecule has 2 saturated heterocycles. The number of nitrogens with one attached hydrogen (secondary N) is 1. The monoisotopic (exact) mass is 1070 g/mol. The number of halogens is 2. The molecule has 0 radical (unpaired) electrons. The second kappa shape index (κ2) is 42.4. The second-order valence-electron chi connectivity index (χ2n) is 21.8. The highest BCUT2D eigenvalue weighted by Crippen LogP contribution is 2.37. The number of carbonyl (C=O) groups is 1. The minimum Gasteiger partial charge on any atom is -0.375 e. The van der Waals surface area contributed by atoms with E-state index in [0.717, 1.165) is 140 Å². The highest BCUT2D eigenvalue weighted by atomic mass is 19.2. The van der Waals surface area contributed by atoms with E-state index in [1.807, 2.05) is 30.3 Å². The van der Waals surface area contributed by atoms with Crippen LogP contribution in [-0.2, 0) is 49.1 Å². The Balaban J connectivity index is 1.47. The van der Waals surface area contributed by atoms with E-state index in [1.165, 1.54) is 76.3 Å². The number of hydrogen-bond donors (Lipinski definition) is 1. The molecule has 2 aromatic rings. The molecule has 2 fully saturated rings. The summed E-state index contributed by atoms with van der Waals surface area (Å²) in [5, 5.41) is 3.46. The standard InChI is InChI=1S/C64H107F2NO9/c1-6-11-16-17-18-19-20-21-22-26-29-35-40-56(69-44-12-7-2)59(70-45-13-8-3)55(67-58(68)41-36-30-27-24-23-25-28-32-37-51-42-43-53(65)54(66)48-51)49-73-64-62(72-47-15-10-5)61(71-46-14-9-4)60-57(75-64)50-74-63(76-60)52-38-33-31-34-39-52/h31,33-34,38-39,42-43,48,55-57,59-64H,6-30,32,35-37,40-41,44-47,49-50H2,1-5H3,(H,67,68)/t55-,56+,57?,59-,60-,61-,62?,63?,64-/m0/s1. The van der Waals surface area contributed by atoms with Crippen LogP contribution in [0.1, 0.15) is 245 Å². The van der Waals surface area contributed by atoms with Crippen molar-refractivity contribution in [2.75, 3.05) is 39.6 Å². The molecule has 1 N–H and O–H groups in total. The minimum atomic E-state index is -0.817. The first kappa shape index (κ1) is 66.0. The molecular weight excluding hydrogens is 965 g/mol. The molecule has 76 heavy (non-hydrogen) atoms. The van der Waals surface area contributed by atoms with Gasteiger partial charge in [0.15, 0.2) is 24.2 Å². The van der Waals surface area contributed by atoms with Gasteiger partial charge in [-0.3, -0.25) is 4.79 Å². The number of ether oxygens (including phenoxy) is 8. The van der Waals surface area contributed by atoms with E-state index in [-0.39, 0.29) is 18.6 Å². The summed E-state index contributed by atoms with van der Waals surface area (Å²) in [6, 6.07) is 13.7. The van der Waals surface area contributed by atoms with E-state index in [1.54, 1.807) is 6.07 Å². The fourth-order valence-corrected chi connectivity index (χ4v) is 10.4. The molecule has 2 aliphatic heterocycles. The average Bonchev–Trinajstić information content (AvgIpc) is 3.45. The summed E-state index contributed by atoms with van der Waals surface area (Å²) in [5.41, 5.74) is 1.78. The molecule has 9 atom stereocenters. The van der Waals surface area contributed by atoms with E-state index < -0.39 is 60.8 Å². The smallest absolute Gasteiger partial charge is 0.220 e. The molecule has 0 saturated carbocycles. The fourth-order valence-electron chi connectivity index (χ4n) is 10.4. The lowest BCUT2D eigenvalue weighted by Gasteiger charge is -2.49. The maximum atomic E-state index is 14.2. The quantitative estimate of drug-likeness (QED) is 0.0649. The van der Waals surface area contributed by atoms with E-state index >= 15 is 0 Å². The molecule has 0 aliphatic carbocycles. The van der Waals surface area contributed by atoms with Crippen LogP contribution >= 0.6 is 0 Å². The van der Waals surface area contributed by atoms with Crippen molar-refractivity contribution in [2.24, 2.45) is 0 Å². The number of fused-ring (bicyclic) bond motifs is 1. The van der Waals surface area contributed by atoms with Crippen LogP contribution in [-0.4, -0.2) is 94.5 Å². The molecule has 12 heteroatoms. The molecule has 0 spiro atoms. The van der Waals surface area contributed by atoms with Gasteiger partial charge in [-0.05, 0) is 69.1 Å². The molecule has 2 aliphatic rings. The summed E-state index contributed by atoms with van der Waals surface area (Å²) < 4.78 is 81.1. The minimum absolute atomic E-state index is 0.0187. The summed E-state index contributed by atoms with van der Waals surface area (Å²) in [7, 11) is 0. The molecule has 3 unspecified atom stereocenters. The predicted molar refractivity (Wildman–Crippen MR) is 302 cm³/mol. The van der Waals surface area contributed by atoms with Crippen LogP contribution in [0.4, 0.5) is 8.78 Å². The Morgan fingerprint density at radius 3 is 1.75 bits per heavy atom. The molecule has 4 rings (SSSR count). The van der Waals surface area contributed by atoms with Crippen LogP contribution in [0.15, 0.2) is 48.5 Å². The number of benzene rings is 2. The Morgan fingerprint density at radius 1 is 0.579 bits per heavy atom. The van der Waals surface area contributed by atoms with Crippen molar-refractivity contribution >= 4 is 5.91 Å². The van der Waals surface area contributed by atoms with Gasteiger partial charge in [0.05, 0.1) is 25.4 Å². The lowest BCUT2D eigenvalue weighted by atomic mass is 9.96. The average molecular weight is 1070 g/mol.